The van der Waals surface area contributed by atoms with Crippen molar-refractivity contribution in [2.75, 3.05) is 13.6 Å². The molecule has 0 saturated carbocycles. The topological polar surface area (TPSA) is 36.4 Å². The molecule has 16 heavy (non-hydrogen) atoms. The smallest absolute Gasteiger partial charge is 0.224 e. The van der Waals surface area contributed by atoms with E-state index in [-0.39, 0.29) is 0 Å². The molecule has 2 unspecified atom stereocenters. The Hall–Kier alpha value is -0.940. The highest BCUT2D eigenvalue weighted by Crippen LogP contribution is 2.32. The molecule has 2 aliphatic heterocycles. The molecule has 0 bridgehead atoms. The van der Waals surface area contributed by atoms with Crippen molar-refractivity contribution in [3.8, 4) is 0 Å². The molecule has 0 spiro atoms. The van der Waals surface area contributed by atoms with E-state index in [1.165, 1.54) is 0 Å². The summed E-state index contributed by atoms with van der Waals surface area (Å²) in [5.74, 6) is 0.291. The van der Waals surface area contributed by atoms with Gasteiger partial charge in [-0.2, -0.15) is 0 Å². The van der Waals surface area contributed by atoms with E-state index in [1.54, 1.807) is 11.3 Å². The number of carbonyl (C=O) groups is 1. The van der Waals surface area contributed by atoms with E-state index in [9.17, 15) is 4.79 Å². The third-order valence-corrected chi connectivity index (χ3v) is 4.49. The van der Waals surface area contributed by atoms with Crippen molar-refractivity contribution in [2.24, 2.45) is 0 Å². The first-order chi connectivity index (χ1) is 7.75. The lowest BCUT2D eigenvalue weighted by molar-refractivity contribution is -0.127. The zero-order valence-corrected chi connectivity index (χ0v) is 10.1. The molecule has 2 atom stereocenters. The molecule has 0 radical (unpaired) electrons. The molecule has 2 aliphatic rings. The van der Waals surface area contributed by atoms with Crippen LogP contribution in [0.3, 0.4) is 0 Å². The lowest BCUT2D eigenvalue weighted by Gasteiger charge is -2.22. The molecule has 0 aliphatic carbocycles. The van der Waals surface area contributed by atoms with E-state index in [2.05, 4.69) is 9.88 Å². The predicted molar refractivity (Wildman–Crippen MR) is 62.1 cm³/mol. The summed E-state index contributed by atoms with van der Waals surface area (Å²) in [4.78, 5) is 20.3. The fourth-order valence-corrected chi connectivity index (χ4v) is 3.47. The van der Waals surface area contributed by atoms with Crippen LogP contribution in [-0.4, -0.2) is 46.4 Å². The minimum absolute atomic E-state index is 0.291. The minimum atomic E-state index is 0.291. The number of rotatable bonds is 2. The summed E-state index contributed by atoms with van der Waals surface area (Å²) in [6.07, 6.45) is 3.64. The predicted octanol–water partition coefficient (Wildman–Crippen LogP) is 0.948. The molecule has 2 fully saturated rings. The molecular weight excluding hydrogens is 222 g/mol. The maximum Gasteiger partial charge on any atom is 0.224 e. The number of fused-ring (bicyclic) bond motifs is 1. The molecule has 5 heteroatoms. The van der Waals surface area contributed by atoms with Gasteiger partial charge in [0.1, 0.15) is 5.01 Å². The van der Waals surface area contributed by atoms with Gasteiger partial charge in [0.2, 0.25) is 5.91 Å². The van der Waals surface area contributed by atoms with Crippen LogP contribution < -0.4 is 0 Å². The monoisotopic (exact) mass is 237 g/mol. The summed E-state index contributed by atoms with van der Waals surface area (Å²) in [5, 5.41) is 3.16. The molecular formula is C11H15N3OS. The van der Waals surface area contributed by atoms with Gasteiger partial charge in [-0.15, -0.1) is 11.3 Å². The number of hydrogen-bond acceptors (Lipinski definition) is 4. The van der Waals surface area contributed by atoms with Gasteiger partial charge < -0.3 is 4.90 Å². The van der Waals surface area contributed by atoms with Crippen LogP contribution in [0.5, 0.6) is 0 Å². The minimum Gasteiger partial charge on any atom is -0.341 e. The fourth-order valence-electron chi connectivity index (χ4n) is 2.83. The number of thiazole rings is 1. The number of likely N-dealkylation sites (N-methyl/N-ethyl adjacent to an activating group) is 1. The standard InChI is InChI=1S/C11H15N3OS/c1-13-8-2-4-14(9(8)6-11(13)15)7-10-12-3-5-16-10/h3,5,8-9H,2,4,6-7H2,1H3. The third-order valence-electron chi connectivity index (χ3n) is 3.72. The van der Waals surface area contributed by atoms with E-state index >= 15 is 0 Å². The summed E-state index contributed by atoms with van der Waals surface area (Å²) >= 11 is 1.69. The van der Waals surface area contributed by atoms with E-state index in [1.807, 2.05) is 23.5 Å². The van der Waals surface area contributed by atoms with Gasteiger partial charge in [0, 0.05) is 43.7 Å². The van der Waals surface area contributed by atoms with Crippen LogP contribution in [0.25, 0.3) is 0 Å². The second-order valence-corrected chi connectivity index (χ2v) is 5.51. The van der Waals surface area contributed by atoms with E-state index in [4.69, 9.17) is 0 Å². The van der Waals surface area contributed by atoms with Crippen molar-refractivity contribution in [1.82, 2.24) is 14.8 Å². The molecule has 2 saturated heterocycles. The first kappa shape index (κ1) is 10.2. The van der Waals surface area contributed by atoms with Crippen LogP contribution in [0, 0.1) is 0 Å². The van der Waals surface area contributed by atoms with Crippen LogP contribution in [-0.2, 0) is 11.3 Å². The Morgan fingerprint density at radius 3 is 3.19 bits per heavy atom. The number of hydrogen-bond donors (Lipinski definition) is 0. The van der Waals surface area contributed by atoms with Gasteiger partial charge in [-0.25, -0.2) is 4.98 Å². The highest BCUT2D eigenvalue weighted by Gasteiger charge is 2.44. The van der Waals surface area contributed by atoms with Crippen molar-refractivity contribution < 1.29 is 4.79 Å². The van der Waals surface area contributed by atoms with E-state index in [0.717, 1.165) is 24.5 Å². The summed E-state index contributed by atoms with van der Waals surface area (Å²) in [7, 11) is 1.93. The fraction of sp³-hybridized carbons (Fsp3) is 0.636. The molecule has 3 rings (SSSR count). The van der Waals surface area contributed by atoms with Crippen molar-refractivity contribution >= 4 is 17.2 Å². The number of carbonyl (C=O) groups excluding carboxylic acids is 1. The molecule has 0 N–H and O–H groups in total. The second-order valence-electron chi connectivity index (χ2n) is 4.53. The Labute approximate surface area is 98.9 Å². The summed E-state index contributed by atoms with van der Waals surface area (Å²) in [5.41, 5.74) is 0. The molecule has 1 aromatic rings. The van der Waals surface area contributed by atoms with Crippen LogP contribution in [0.15, 0.2) is 11.6 Å². The van der Waals surface area contributed by atoms with Crippen molar-refractivity contribution in [2.45, 2.75) is 31.5 Å². The lowest BCUT2D eigenvalue weighted by atomic mass is 10.1. The van der Waals surface area contributed by atoms with Gasteiger partial charge in [0.05, 0.1) is 6.54 Å². The van der Waals surface area contributed by atoms with Crippen LogP contribution in [0.4, 0.5) is 0 Å². The maximum absolute atomic E-state index is 11.6. The summed E-state index contributed by atoms with van der Waals surface area (Å²) in [6.45, 7) is 1.99. The van der Waals surface area contributed by atoms with Crippen molar-refractivity contribution in [1.29, 1.82) is 0 Å². The second kappa shape index (κ2) is 3.82. The number of aromatic nitrogens is 1. The molecule has 86 valence electrons. The summed E-state index contributed by atoms with van der Waals surface area (Å²) < 4.78 is 0. The molecule has 1 aromatic heterocycles. The van der Waals surface area contributed by atoms with E-state index in [0.29, 0.717) is 24.4 Å². The largest absolute Gasteiger partial charge is 0.341 e. The van der Waals surface area contributed by atoms with Gasteiger partial charge in [0.15, 0.2) is 0 Å². The summed E-state index contributed by atoms with van der Waals surface area (Å²) in [6, 6.07) is 0.855. The Kier molecular flexibility index (Phi) is 2.44. The van der Waals surface area contributed by atoms with Crippen LogP contribution in [0.1, 0.15) is 17.8 Å². The maximum atomic E-state index is 11.6. The average Bonchev–Trinajstić information content (AvgIpc) is 2.93. The first-order valence-corrected chi connectivity index (χ1v) is 6.52. The Morgan fingerprint density at radius 1 is 1.56 bits per heavy atom. The van der Waals surface area contributed by atoms with Gasteiger partial charge >= 0.3 is 0 Å². The highest BCUT2D eigenvalue weighted by molar-refractivity contribution is 7.09. The SMILES string of the molecule is CN1C(=O)CC2C1CCN2Cc1nccs1. The molecule has 4 nitrogen and oxygen atoms in total. The average molecular weight is 237 g/mol. The Balaban J connectivity index is 1.72. The normalized spacial score (nSPS) is 30.1. The highest BCUT2D eigenvalue weighted by atomic mass is 32.1. The zero-order valence-electron chi connectivity index (χ0n) is 9.30. The number of nitrogens with zero attached hydrogens (tertiary/aromatic N) is 3. The van der Waals surface area contributed by atoms with Gasteiger partial charge in [0.25, 0.3) is 0 Å². The number of likely N-dealkylation sites (tertiary alicyclic amines) is 2. The van der Waals surface area contributed by atoms with Crippen molar-refractivity contribution in [3.05, 3.63) is 16.6 Å². The lowest BCUT2D eigenvalue weighted by Crippen LogP contribution is -2.34. The van der Waals surface area contributed by atoms with Crippen LogP contribution >= 0.6 is 11.3 Å². The van der Waals surface area contributed by atoms with Gasteiger partial charge in [-0.05, 0) is 6.42 Å². The Bertz CT molecular complexity index is 392. The van der Waals surface area contributed by atoms with Crippen molar-refractivity contribution in [3.63, 3.8) is 0 Å². The molecule has 3 heterocycles. The molecule has 1 amide bonds. The quantitative estimate of drug-likeness (QED) is 0.768. The molecule has 0 aromatic carbocycles. The number of amides is 1. The third kappa shape index (κ3) is 1.55. The first-order valence-electron chi connectivity index (χ1n) is 5.64. The van der Waals surface area contributed by atoms with Gasteiger partial charge in [-0.1, -0.05) is 0 Å². The van der Waals surface area contributed by atoms with E-state index < -0.39 is 0 Å². The zero-order chi connectivity index (χ0) is 11.1. The van der Waals surface area contributed by atoms with Crippen LogP contribution in [0.2, 0.25) is 0 Å². The van der Waals surface area contributed by atoms with Gasteiger partial charge in [-0.3, -0.25) is 9.69 Å². The Morgan fingerprint density at radius 2 is 2.44 bits per heavy atom.